The molecule has 2 bridgehead atoms. The van der Waals surface area contributed by atoms with Gasteiger partial charge >= 0.3 is 30.0 Å². The van der Waals surface area contributed by atoms with Crippen molar-refractivity contribution in [1.82, 2.24) is 5.32 Å². The molecule has 350 valence electrons. The highest BCUT2D eigenvalue weighted by Gasteiger charge is 2.79. The number of ether oxygens (including phenoxy) is 6. The Morgan fingerprint density at radius 1 is 0.953 bits per heavy atom. The van der Waals surface area contributed by atoms with Crippen molar-refractivity contribution in [3.8, 4) is 0 Å². The Morgan fingerprint density at radius 2 is 1.58 bits per heavy atom. The highest BCUT2D eigenvalue weighted by atomic mass is 16.6. The van der Waals surface area contributed by atoms with Crippen molar-refractivity contribution in [2.45, 2.75) is 154 Å². The van der Waals surface area contributed by atoms with Crippen LogP contribution in [-0.4, -0.2) is 111 Å². The molecule has 0 radical (unpaired) electrons. The number of carbonyl (C=O) groups is 6. The number of Topliss-reactive ketones (excluding diaryl/α,β-unsaturated/α-hetero) is 1. The van der Waals surface area contributed by atoms with Crippen molar-refractivity contribution in [3.63, 3.8) is 0 Å². The Labute approximate surface area is 373 Å². The normalized spacial score (nSPS) is 33.8. The number of aliphatic hydroxyl groups excluding tert-OH is 2. The van der Waals surface area contributed by atoms with E-state index in [1.165, 1.54) is 26.0 Å². The number of esters is 4. The molecule has 16 nitrogen and oxygen atoms in total. The number of aliphatic hydroxyl groups is 3. The second-order valence-corrected chi connectivity index (χ2v) is 19.7. The van der Waals surface area contributed by atoms with Crippen molar-refractivity contribution in [2.75, 3.05) is 6.61 Å². The molecule has 0 aromatic heterocycles. The molecule has 13 atom stereocenters. The number of unbranched alkanes of at least 4 members (excludes halogenated alkanes) is 1. The van der Waals surface area contributed by atoms with E-state index in [1.54, 1.807) is 90.1 Å². The number of amides is 1. The van der Waals surface area contributed by atoms with Gasteiger partial charge in [-0.2, -0.15) is 0 Å². The zero-order valence-corrected chi connectivity index (χ0v) is 38.0. The van der Waals surface area contributed by atoms with Crippen LogP contribution in [0.15, 0.2) is 60.7 Å². The van der Waals surface area contributed by atoms with E-state index in [9.17, 15) is 39.3 Å². The maximum Gasteiger partial charge on any atom is 0.408 e. The molecule has 13 unspecified atom stereocenters. The van der Waals surface area contributed by atoms with Gasteiger partial charge in [0.05, 0.1) is 24.2 Å². The van der Waals surface area contributed by atoms with Gasteiger partial charge in [-0.15, -0.1) is 0 Å². The summed E-state index contributed by atoms with van der Waals surface area (Å²) in [6.45, 7) is 14.0. The lowest BCUT2D eigenvalue weighted by Gasteiger charge is -2.69. The van der Waals surface area contributed by atoms with Crippen LogP contribution in [0.5, 0.6) is 0 Å². The Kier molecular flexibility index (Phi) is 13.8. The lowest BCUT2D eigenvalue weighted by Crippen LogP contribution is -2.83. The van der Waals surface area contributed by atoms with Gasteiger partial charge < -0.3 is 49.1 Å². The summed E-state index contributed by atoms with van der Waals surface area (Å²) in [6, 6.07) is 14.8. The molecule has 1 heterocycles. The fourth-order valence-corrected chi connectivity index (χ4v) is 10.7. The van der Waals surface area contributed by atoms with Crippen LogP contribution in [0.1, 0.15) is 116 Å². The predicted octanol–water partition coefficient (Wildman–Crippen LogP) is 4.94. The summed E-state index contributed by atoms with van der Waals surface area (Å²) >= 11 is 0. The number of hydrogen-bond donors (Lipinski definition) is 4. The summed E-state index contributed by atoms with van der Waals surface area (Å²) in [7, 11) is 0. The smallest absolute Gasteiger partial charge is 0.408 e. The first-order valence-corrected chi connectivity index (χ1v) is 22.1. The van der Waals surface area contributed by atoms with Crippen LogP contribution < -0.4 is 5.32 Å². The largest absolute Gasteiger partial charge is 0.459 e. The standard InChI is InChI=1S/C48H63NO15/c1-10-11-22-33(52)61-37(35(28-18-14-12-15-19-28)49-43(57)64-44(4,5)6)42(56)60-30-24-48(58)40(62-41(55)29-20-16-13-17-21-29)38-46(9,39(54)36(53)34(26(30)2)45(48,7)8)31(51)23-32-47(38,25-59-32)63-27(3)50/h12-21,26,30-32,34-35,37-40,51,54,58H,10-11,22-25H2,1-9H3,(H,49,57). The van der Waals surface area contributed by atoms with E-state index in [4.69, 9.17) is 28.4 Å². The van der Waals surface area contributed by atoms with Crippen molar-refractivity contribution in [2.24, 2.45) is 28.6 Å². The van der Waals surface area contributed by atoms with Gasteiger partial charge in [-0.05, 0) is 44.9 Å². The summed E-state index contributed by atoms with van der Waals surface area (Å²) in [6.07, 6.45) is -10.1. The average molecular weight is 894 g/mol. The van der Waals surface area contributed by atoms with Gasteiger partial charge in [-0.3, -0.25) is 14.4 Å². The summed E-state index contributed by atoms with van der Waals surface area (Å²) in [4.78, 5) is 84.0. The first-order valence-electron chi connectivity index (χ1n) is 22.1. The molecule has 1 aliphatic heterocycles. The highest BCUT2D eigenvalue weighted by Crippen LogP contribution is 2.65. The van der Waals surface area contributed by atoms with Crippen molar-refractivity contribution < 1.29 is 72.5 Å². The Morgan fingerprint density at radius 3 is 2.14 bits per heavy atom. The van der Waals surface area contributed by atoms with Gasteiger partial charge in [0.25, 0.3) is 0 Å². The molecule has 0 spiro atoms. The Balaban J connectivity index is 1.50. The van der Waals surface area contributed by atoms with Crippen LogP contribution in [0, 0.1) is 28.6 Å². The quantitative estimate of drug-likeness (QED) is 0.163. The topological polar surface area (TPSA) is 231 Å². The van der Waals surface area contributed by atoms with E-state index in [2.05, 4.69) is 5.32 Å². The fourth-order valence-electron chi connectivity index (χ4n) is 10.7. The third kappa shape index (κ3) is 8.78. The van der Waals surface area contributed by atoms with Crippen LogP contribution in [-0.2, 0) is 47.6 Å². The summed E-state index contributed by atoms with van der Waals surface area (Å²) in [5, 5.41) is 40.8. The van der Waals surface area contributed by atoms with E-state index in [-0.39, 0.29) is 25.0 Å². The van der Waals surface area contributed by atoms with E-state index < -0.39 is 130 Å². The highest BCUT2D eigenvalue weighted by molar-refractivity contribution is 5.90. The summed E-state index contributed by atoms with van der Waals surface area (Å²) in [5.41, 5.74) is -8.08. The third-order valence-electron chi connectivity index (χ3n) is 14.1. The molecule has 1 saturated heterocycles. The molecule has 3 aliphatic carbocycles. The average Bonchev–Trinajstić information content (AvgIpc) is 3.22. The van der Waals surface area contributed by atoms with Crippen LogP contribution in [0.3, 0.4) is 0 Å². The maximum atomic E-state index is 15.1. The molecular formula is C48H63NO15. The van der Waals surface area contributed by atoms with E-state index in [1.807, 2.05) is 6.92 Å². The predicted molar refractivity (Wildman–Crippen MR) is 227 cm³/mol. The number of fused-ring (bicyclic) bond motifs is 5. The van der Waals surface area contributed by atoms with E-state index in [0.29, 0.717) is 18.4 Å². The summed E-state index contributed by atoms with van der Waals surface area (Å²) < 4.78 is 36.1. The van der Waals surface area contributed by atoms with Gasteiger partial charge in [-0.25, -0.2) is 14.4 Å². The molecule has 1 amide bonds. The van der Waals surface area contributed by atoms with Gasteiger partial charge in [0.1, 0.15) is 41.7 Å². The molecule has 2 aromatic carbocycles. The van der Waals surface area contributed by atoms with Gasteiger partial charge in [0, 0.05) is 48.9 Å². The minimum absolute atomic E-state index is 0.0638. The van der Waals surface area contributed by atoms with Crippen LogP contribution >= 0.6 is 0 Å². The Bertz CT molecular complexity index is 2070. The molecule has 2 aromatic rings. The number of hydrogen-bond acceptors (Lipinski definition) is 15. The van der Waals surface area contributed by atoms with Gasteiger partial charge in [0.2, 0.25) is 6.10 Å². The molecule has 4 N–H and O–H groups in total. The second kappa shape index (κ2) is 18.2. The number of alkyl carbamates (subject to hydrolysis) is 1. The minimum Gasteiger partial charge on any atom is -0.459 e. The molecule has 3 saturated carbocycles. The minimum atomic E-state index is -2.35. The molecule has 4 aliphatic rings. The maximum absolute atomic E-state index is 15.1. The van der Waals surface area contributed by atoms with Crippen LogP contribution in [0.25, 0.3) is 0 Å². The third-order valence-corrected chi connectivity index (χ3v) is 14.1. The van der Waals surface area contributed by atoms with Crippen molar-refractivity contribution in [1.29, 1.82) is 0 Å². The fraction of sp³-hybridized carbons (Fsp3) is 0.625. The molecule has 4 fully saturated rings. The summed E-state index contributed by atoms with van der Waals surface area (Å²) in [5.74, 6) is -8.16. The number of rotatable bonds is 12. The van der Waals surface area contributed by atoms with Gasteiger partial charge in [0.15, 0.2) is 11.4 Å². The molecular weight excluding hydrogens is 831 g/mol. The van der Waals surface area contributed by atoms with Crippen LogP contribution in [0.2, 0.25) is 0 Å². The SMILES string of the molecule is CCCCC(=O)OC(C(=O)OC1CC2(O)C(OC(=O)c3ccccc3)C3C4(OC(C)=O)COC4CC(O)C3(C)C(O)C(=O)C(C1C)C2(C)C)C(NC(=O)OC(C)(C)C)c1ccccc1. The first-order chi connectivity index (χ1) is 29.9. The van der Waals surface area contributed by atoms with Crippen molar-refractivity contribution >= 4 is 35.8 Å². The van der Waals surface area contributed by atoms with E-state index in [0.717, 1.165) is 0 Å². The zero-order chi connectivity index (χ0) is 47.2. The second-order valence-electron chi connectivity index (χ2n) is 19.7. The first kappa shape index (κ1) is 48.6. The number of carbonyl (C=O) groups excluding carboxylic acids is 6. The monoisotopic (exact) mass is 893 g/mol. The lowest BCUT2D eigenvalue weighted by molar-refractivity contribution is -0.365. The van der Waals surface area contributed by atoms with Gasteiger partial charge in [-0.1, -0.05) is 89.6 Å². The lowest BCUT2D eigenvalue weighted by atomic mass is 9.42. The van der Waals surface area contributed by atoms with Crippen molar-refractivity contribution in [3.05, 3.63) is 71.8 Å². The molecule has 16 heteroatoms. The van der Waals surface area contributed by atoms with Crippen LogP contribution in [0.4, 0.5) is 4.79 Å². The Hall–Kier alpha value is -4.90. The molecule has 64 heavy (non-hydrogen) atoms. The number of nitrogens with one attached hydrogen (secondary N) is 1. The number of benzene rings is 2. The van der Waals surface area contributed by atoms with E-state index >= 15 is 4.79 Å². The molecule has 6 rings (SSSR count). The zero-order valence-electron chi connectivity index (χ0n) is 38.0. The number of ketones is 1.